The fourth-order valence-corrected chi connectivity index (χ4v) is 1.04. The summed E-state index contributed by atoms with van der Waals surface area (Å²) in [6.07, 6.45) is 1.58. The van der Waals surface area contributed by atoms with Crippen molar-refractivity contribution in [2.75, 3.05) is 19.7 Å². The Morgan fingerprint density at radius 3 is 2.54 bits per heavy atom. The number of aliphatic hydroxyl groups is 2. The predicted octanol–water partition coefficient (Wildman–Crippen LogP) is 0.756. The van der Waals surface area contributed by atoms with Gasteiger partial charge in [0.15, 0.2) is 0 Å². The summed E-state index contributed by atoms with van der Waals surface area (Å²) in [6.45, 7) is 7.61. The first kappa shape index (κ1) is 12.9. The van der Waals surface area contributed by atoms with E-state index >= 15 is 0 Å². The van der Waals surface area contributed by atoms with Crippen LogP contribution in [-0.2, 0) is 0 Å². The van der Waals surface area contributed by atoms with Crippen molar-refractivity contribution in [3.63, 3.8) is 0 Å². The number of rotatable bonds is 7. The highest BCUT2D eigenvalue weighted by Gasteiger charge is 2.16. The molecule has 0 aliphatic heterocycles. The van der Waals surface area contributed by atoms with E-state index in [1.807, 2.05) is 13.8 Å². The van der Waals surface area contributed by atoms with Crippen LogP contribution in [0, 0.1) is 5.92 Å². The Kier molecular flexibility index (Phi) is 6.29. The van der Waals surface area contributed by atoms with Crippen LogP contribution in [0.3, 0.4) is 0 Å². The van der Waals surface area contributed by atoms with Crippen molar-refractivity contribution in [2.24, 2.45) is 5.92 Å². The lowest BCUT2D eigenvalue weighted by molar-refractivity contribution is 0.0549. The number of hydrogen-bond acceptors (Lipinski definition) is 3. The van der Waals surface area contributed by atoms with E-state index < -0.39 is 5.60 Å². The van der Waals surface area contributed by atoms with Gasteiger partial charge in [0.2, 0.25) is 0 Å². The number of nitrogens with one attached hydrogen (secondary N) is 1. The number of aliphatic hydroxyl groups excluding tert-OH is 1. The van der Waals surface area contributed by atoms with E-state index in [4.69, 9.17) is 5.11 Å². The molecule has 0 rings (SSSR count). The fraction of sp³-hybridized carbons (Fsp3) is 1.00. The Bertz CT molecular complexity index is 126. The highest BCUT2D eigenvalue weighted by Crippen LogP contribution is 2.06. The molecule has 2 unspecified atom stereocenters. The van der Waals surface area contributed by atoms with Gasteiger partial charge in [0, 0.05) is 13.2 Å². The SMILES string of the molecule is CCC(C)(O)CNCC(C)CCO. The van der Waals surface area contributed by atoms with Gasteiger partial charge in [0.25, 0.3) is 0 Å². The van der Waals surface area contributed by atoms with Crippen LogP contribution in [0.1, 0.15) is 33.6 Å². The zero-order chi connectivity index (χ0) is 10.3. The summed E-state index contributed by atoms with van der Waals surface area (Å²) in [4.78, 5) is 0. The maximum atomic E-state index is 9.65. The Morgan fingerprint density at radius 2 is 2.08 bits per heavy atom. The van der Waals surface area contributed by atoms with Gasteiger partial charge in [-0.3, -0.25) is 0 Å². The van der Waals surface area contributed by atoms with Crippen molar-refractivity contribution in [3.05, 3.63) is 0 Å². The molecular weight excluding hydrogens is 166 g/mol. The quantitative estimate of drug-likeness (QED) is 0.554. The molecule has 2 atom stereocenters. The van der Waals surface area contributed by atoms with Gasteiger partial charge < -0.3 is 15.5 Å². The zero-order valence-corrected chi connectivity index (χ0v) is 9.01. The Labute approximate surface area is 81.2 Å². The molecule has 0 radical (unpaired) electrons. The van der Waals surface area contributed by atoms with Crippen LogP contribution in [0.15, 0.2) is 0 Å². The van der Waals surface area contributed by atoms with E-state index in [2.05, 4.69) is 12.2 Å². The summed E-state index contributed by atoms with van der Waals surface area (Å²) in [5.41, 5.74) is -0.598. The number of hydrogen-bond donors (Lipinski definition) is 3. The van der Waals surface area contributed by atoms with Gasteiger partial charge in [-0.1, -0.05) is 13.8 Å². The fourth-order valence-electron chi connectivity index (χ4n) is 1.04. The molecule has 0 saturated carbocycles. The van der Waals surface area contributed by atoms with E-state index in [1.165, 1.54) is 0 Å². The first-order chi connectivity index (χ1) is 6.02. The molecule has 0 aromatic rings. The molecule has 0 saturated heterocycles. The van der Waals surface area contributed by atoms with Gasteiger partial charge >= 0.3 is 0 Å². The minimum atomic E-state index is -0.598. The molecule has 0 heterocycles. The van der Waals surface area contributed by atoms with Crippen LogP contribution in [0.5, 0.6) is 0 Å². The van der Waals surface area contributed by atoms with E-state index in [0.717, 1.165) is 19.4 Å². The second-order valence-corrected chi connectivity index (χ2v) is 4.10. The lowest BCUT2D eigenvalue weighted by Gasteiger charge is -2.22. The van der Waals surface area contributed by atoms with Gasteiger partial charge in [-0.2, -0.15) is 0 Å². The van der Waals surface area contributed by atoms with Crippen LogP contribution in [0.25, 0.3) is 0 Å². The van der Waals surface area contributed by atoms with Crippen LogP contribution < -0.4 is 5.32 Å². The predicted molar refractivity (Wildman–Crippen MR) is 54.7 cm³/mol. The van der Waals surface area contributed by atoms with Crippen LogP contribution in [-0.4, -0.2) is 35.5 Å². The minimum Gasteiger partial charge on any atom is -0.396 e. The van der Waals surface area contributed by atoms with Crippen LogP contribution in [0.4, 0.5) is 0 Å². The maximum absolute atomic E-state index is 9.65. The van der Waals surface area contributed by atoms with E-state index in [1.54, 1.807) is 0 Å². The summed E-state index contributed by atoms with van der Waals surface area (Å²) in [5.74, 6) is 0.470. The molecule has 3 N–H and O–H groups in total. The minimum absolute atomic E-state index is 0.243. The first-order valence-electron chi connectivity index (χ1n) is 5.06. The van der Waals surface area contributed by atoms with Crippen molar-refractivity contribution < 1.29 is 10.2 Å². The molecule has 0 spiro atoms. The van der Waals surface area contributed by atoms with Crippen molar-refractivity contribution in [1.29, 1.82) is 0 Å². The Hall–Kier alpha value is -0.120. The second-order valence-electron chi connectivity index (χ2n) is 4.10. The Morgan fingerprint density at radius 1 is 1.46 bits per heavy atom. The van der Waals surface area contributed by atoms with E-state index in [-0.39, 0.29) is 6.61 Å². The van der Waals surface area contributed by atoms with Gasteiger partial charge in [-0.25, -0.2) is 0 Å². The highest BCUT2D eigenvalue weighted by molar-refractivity contribution is 4.73. The average molecular weight is 189 g/mol. The largest absolute Gasteiger partial charge is 0.396 e. The summed E-state index contributed by atoms with van der Waals surface area (Å²) in [5, 5.41) is 21.5. The van der Waals surface area contributed by atoms with Gasteiger partial charge in [0.05, 0.1) is 5.60 Å². The topological polar surface area (TPSA) is 52.5 Å². The van der Waals surface area contributed by atoms with Crippen molar-refractivity contribution in [2.45, 2.75) is 39.2 Å². The third-order valence-corrected chi connectivity index (χ3v) is 2.38. The third-order valence-electron chi connectivity index (χ3n) is 2.38. The van der Waals surface area contributed by atoms with Gasteiger partial charge in [-0.05, 0) is 32.2 Å². The molecular formula is C10H23NO2. The maximum Gasteiger partial charge on any atom is 0.0740 e. The molecule has 0 aromatic carbocycles. The van der Waals surface area contributed by atoms with Crippen LogP contribution in [0.2, 0.25) is 0 Å². The van der Waals surface area contributed by atoms with Crippen molar-refractivity contribution in [3.8, 4) is 0 Å². The van der Waals surface area contributed by atoms with Crippen LogP contribution >= 0.6 is 0 Å². The van der Waals surface area contributed by atoms with E-state index in [0.29, 0.717) is 12.5 Å². The average Bonchev–Trinajstić information content (AvgIpc) is 2.05. The Balaban J connectivity index is 3.44. The molecule has 13 heavy (non-hydrogen) atoms. The lowest BCUT2D eigenvalue weighted by Crippen LogP contribution is -2.38. The van der Waals surface area contributed by atoms with Crippen molar-refractivity contribution >= 4 is 0 Å². The third kappa shape index (κ3) is 6.99. The molecule has 0 amide bonds. The first-order valence-corrected chi connectivity index (χ1v) is 5.06. The summed E-state index contributed by atoms with van der Waals surface area (Å²) in [6, 6.07) is 0. The smallest absolute Gasteiger partial charge is 0.0740 e. The molecule has 0 aromatic heterocycles. The molecule has 80 valence electrons. The summed E-state index contributed by atoms with van der Waals surface area (Å²) >= 11 is 0. The molecule has 0 aliphatic carbocycles. The standard InChI is InChI=1S/C10H23NO2/c1-4-10(3,13)8-11-7-9(2)5-6-12/h9,11-13H,4-8H2,1-3H3. The van der Waals surface area contributed by atoms with Crippen molar-refractivity contribution in [1.82, 2.24) is 5.32 Å². The molecule has 0 fully saturated rings. The van der Waals surface area contributed by atoms with Gasteiger partial charge in [-0.15, -0.1) is 0 Å². The van der Waals surface area contributed by atoms with E-state index in [9.17, 15) is 5.11 Å². The molecule has 3 heteroatoms. The summed E-state index contributed by atoms with van der Waals surface area (Å²) < 4.78 is 0. The molecule has 3 nitrogen and oxygen atoms in total. The second kappa shape index (κ2) is 6.35. The monoisotopic (exact) mass is 189 g/mol. The highest BCUT2D eigenvalue weighted by atomic mass is 16.3. The molecule has 0 aliphatic rings. The summed E-state index contributed by atoms with van der Waals surface area (Å²) in [7, 11) is 0. The zero-order valence-electron chi connectivity index (χ0n) is 9.01. The lowest BCUT2D eigenvalue weighted by atomic mass is 10.0. The van der Waals surface area contributed by atoms with Gasteiger partial charge in [0.1, 0.15) is 0 Å². The molecule has 0 bridgehead atoms. The normalized spacial score (nSPS) is 18.2.